The Morgan fingerprint density at radius 3 is 2.79 bits per heavy atom. The van der Waals surface area contributed by atoms with Crippen LogP contribution in [0.2, 0.25) is 0 Å². The number of hydrogen-bond donors (Lipinski definition) is 1. The van der Waals surface area contributed by atoms with Gasteiger partial charge in [-0.2, -0.15) is 0 Å². The number of nitrogens with two attached hydrogens (primary N) is 1. The minimum Gasteiger partial charge on any atom is -1.00 e. The van der Waals surface area contributed by atoms with Gasteiger partial charge in [0.25, 0.3) is 0 Å². The van der Waals surface area contributed by atoms with E-state index < -0.39 is 0 Å². The third-order valence-electron chi connectivity index (χ3n) is 3.22. The lowest BCUT2D eigenvalue weighted by atomic mass is 10.0. The molecule has 2 rings (SSSR count). The summed E-state index contributed by atoms with van der Waals surface area (Å²) in [6.07, 6.45) is 0.959. The third kappa shape index (κ3) is 1.42. The lowest BCUT2D eigenvalue weighted by molar-refractivity contribution is -0.673. The Morgan fingerprint density at radius 1 is 1.57 bits per heavy atom. The van der Waals surface area contributed by atoms with Gasteiger partial charge in [0.15, 0.2) is 0 Å². The SMILES string of the molecule is CC(=O)N1C(=O)[C@@H](C)[C@H]2[NH2+]CC[C@@H]21.[Cl-]. The van der Waals surface area contributed by atoms with Crippen molar-refractivity contribution in [2.45, 2.75) is 32.4 Å². The summed E-state index contributed by atoms with van der Waals surface area (Å²) in [5.74, 6) is -0.0745. The molecular formula is C9H15ClN2O2. The van der Waals surface area contributed by atoms with E-state index in [0.717, 1.165) is 13.0 Å². The van der Waals surface area contributed by atoms with Gasteiger partial charge in [0.2, 0.25) is 11.8 Å². The van der Waals surface area contributed by atoms with Crippen LogP contribution >= 0.6 is 0 Å². The quantitative estimate of drug-likeness (QED) is 0.448. The molecule has 14 heavy (non-hydrogen) atoms. The van der Waals surface area contributed by atoms with Crippen LogP contribution in [0.4, 0.5) is 0 Å². The highest BCUT2D eigenvalue weighted by atomic mass is 35.5. The van der Waals surface area contributed by atoms with Gasteiger partial charge in [-0.05, 0) is 6.92 Å². The van der Waals surface area contributed by atoms with Crippen molar-refractivity contribution >= 4 is 11.8 Å². The zero-order valence-electron chi connectivity index (χ0n) is 8.37. The highest BCUT2D eigenvalue weighted by Gasteiger charge is 2.52. The lowest BCUT2D eigenvalue weighted by Crippen LogP contribution is -3.00. The number of amides is 2. The maximum absolute atomic E-state index is 11.6. The molecule has 2 amide bonds. The fourth-order valence-corrected chi connectivity index (χ4v) is 2.58. The number of imide groups is 1. The van der Waals surface area contributed by atoms with E-state index in [1.54, 1.807) is 0 Å². The van der Waals surface area contributed by atoms with E-state index in [9.17, 15) is 9.59 Å². The number of nitrogens with zero attached hydrogens (tertiary/aromatic N) is 1. The zero-order valence-corrected chi connectivity index (χ0v) is 9.12. The number of quaternary nitrogens is 1. The van der Waals surface area contributed by atoms with Crippen LogP contribution in [-0.4, -0.2) is 35.3 Å². The fourth-order valence-electron chi connectivity index (χ4n) is 2.58. The summed E-state index contributed by atoms with van der Waals surface area (Å²) in [5.41, 5.74) is 0. The Morgan fingerprint density at radius 2 is 2.21 bits per heavy atom. The predicted octanol–water partition coefficient (Wildman–Crippen LogP) is -4.28. The zero-order chi connectivity index (χ0) is 9.59. The summed E-state index contributed by atoms with van der Waals surface area (Å²) < 4.78 is 0. The summed E-state index contributed by atoms with van der Waals surface area (Å²) in [5, 5.41) is 2.19. The van der Waals surface area contributed by atoms with Crippen LogP contribution in [0.25, 0.3) is 0 Å². The van der Waals surface area contributed by atoms with Gasteiger partial charge in [-0.3, -0.25) is 14.5 Å². The topological polar surface area (TPSA) is 54.0 Å². The van der Waals surface area contributed by atoms with Crippen molar-refractivity contribution in [2.24, 2.45) is 5.92 Å². The molecule has 5 heteroatoms. The monoisotopic (exact) mass is 218 g/mol. The minimum atomic E-state index is -0.0975. The average Bonchev–Trinajstić information content (AvgIpc) is 2.57. The van der Waals surface area contributed by atoms with Gasteiger partial charge in [0.1, 0.15) is 6.04 Å². The standard InChI is InChI=1S/C9H14N2O2.ClH/c1-5-8-7(3-4-10-8)11(6(2)12)9(5)13;/h5,7-8,10H,3-4H2,1-2H3;1H/t5-,7-,8+;/m0./s1. The molecule has 0 aromatic heterocycles. The molecule has 4 nitrogen and oxygen atoms in total. The molecular weight excluding hydrogens is 204 g/mol. The maximum Gasteiger partial charge on any atom is 0.238 e. The number of rotatable bonds is 0. The van der Waals surface area contributed by atoms with E-state index >= 15 is 0 Å². The van der Waals surface area contributed by atoms with E-state index in [1.807, 2.05) is 6.92 Å². The highest BCUT2D eigenvalue weighted by Crippen LogP contribution is 2.26. The van der Waals surface area contributed by atoms with Gasteiger partial charge in [0.05, 0.1) is 18.5 Å². The molecule has 0 aromatic carbocycles. The number of hydrogen-bond acceptors (Lipinski definition) is 2. The molecule has 3 atom stereocenters. The van der Waals surface area contributed by atoms with Crippen LogP contribution in [0.15, 0.2) is 0 Å². The first kappa shape index (κ1) is 11.5. The first-order chi connectivity index (χ1) is 6.13. The molecule has 0 unspecified atom stereocenters. The van der Waals surface area contributed by atoms with Crippen molar-refractivity contribution in [3.05, 3.63) is 0 Å². The first-order valence-electron chi connectivity index (χ1n) is 4.80. The molecule has 2 saturated heterocycles. The fraction of sp³-hybridized carbons (Fsp3) is 0.778. The smallest absolute Gasteiger partial charge is 0.238 e. The molecule has 2 fully saturated rings. The predicted molar refractivity (Wildman–Crippen MR) is 45.7 cm³/mol. The lowest BCUT2D eigenvalue weighted by Gasteiger charge is -2.16. The minimum absolute atomic E-state index is 0. The summed E-state index contributed by atoms with van der Waals surface area (Å²) >= 11 is 0. The van der Waals surface area contributed by atoms with Crippen LogP contribution in [0, 0.1) is 5.92 Å². The third-order valence-corrected chi connectivity index (χ3v) is 3.22. The van der Waals surface area contributed by atoms with Crippen molar-refractivity contribution in [2.75, 3.05) is 6.54 Å². The van der Waals surface area contributed by atoms with Crippen LogP contribution in [0.3, 0.4) is 0 Å². The Kier molecular flexibility index (Phi) is 3.17. The van der Waals surface area contributed by atoms with E-state index in [2.05, 4.69) is 5.32 Å². The van der Waals surface area contributed by atoms with Gasteiger partial charge in [0, 0.05) is 13.3 Å². The summed E-state index contributed by atoms with van der Waals surface area (Å²) in [6.45, 7) is 4.44. The summed E-state index contributed by atoms with van der Waals surface area (Å²) in [6, 6.07) is 0.483. The normalized spacial score (nSPS) is 35.4. The van der Waals surface area contributed by atoms with Crippen molar-refractivity contribution < 1.29 is 27.3 Å². The summed E-state index contributed by atoms with van der Waals surface area (Å²) in [7, 11) is 0. The van der Waals surface area contributed by atoms with Crippen LogP contribution < -0.4 is 17.7 Å². The molecule has 0 saturated carbocycles. The maximum atomic E-state index is 11.6. The van der Waals surface area contributed by atoms with E-state index in [1.165, 1.54) is 11.8 Å². The van der Waals surface area contributed by atoms with Crippen LogP contribution in [-0.2, 0) is 9.59 Å². The molecule has 0 aromatic rings. The van der Waals surface area contributed by atoms with Crippen molar-refractivity contribution in [1.82, 2.24) is 4.90 Å². The Hall–Kier alpha value is -0.610. The molecule has 2 N–H and O–H groups in total. The van der Waals surface area contributed by atoms with Crippen molar-refractivity contribution in [3.63, 3.8) is 0 Å². The van der Waals surface area contributed by atoms with E-state index in [4.69, 9.17) is 0 Å². The van der Waals surface area contributed by atoms with Gasteiger partial charge in [-0.1, -0.05) is 0 Å². The van der Waals surface area contributed by atoms with Crippen molar-refractivity contribution in [1.29, 1.82) is 0 Å². The first-order valence-corrected chi connectivity index (χ1v) is 4.80. The van der Waals surface area contributed by atoms with Gasteiger partial charge >= 0.3 is 0 Å². The van der Waals surface area contributed by atoms with Crippen LogP contribution in [0.5, 0.6) is 0 Å². The van der Waals surface area contributed by atoms with Gasteiger partial charge < -0.3 is 17.7 Å². The second-order valence-corrected chi connectivity index (χ2v) is 3.97. The van der Waals surface area contributed by atoms with Crippen LogP contribution in [0.1, 0.15) is 20.3 Å². The molecule has 0 spiro atoms. The molecule has 80 valence electrons. The second-order valence-electron chi connectivity index (χ2n) is 3.97. The summed E-state index contributed by atoms with van der Waals surface area (Å²) in [4.78, 5) is 24.3. The highest BCUT2D eigenvalue weighted by molar-refractivity contribution is 5.97. The molecule has 2 aliphatic heterocycles. The molecule has 2 heterocycles. The Balaban J connectivity index is 0.000000980. The number of halogens is 1. The molecule has 0 bridgehead atoms. The Bertz CT molecular complexity index is 270. The Labute approximate surface area is 89.4 Å². The molecule has 0 aliphatic carbocycles. The number of carbonyl (C=O) groups is 2. The number of likely N-dealkylation sites (tertiary alicyclic amines) is 1. The number of carbonyl (C=O) groups excluding carboxylic acids is 2. The van der Waals surface area contributed by atoms with E-state index in [0.29, 0.717) is 6.04 Å². The largest absolute Gasteiger partial charge is 1.00 e. The molecule has 2 aliphatic rings. The second kappa shape index (κ2) is 3.87. The van der Waals surface area contributed by atoms with E-state index in [-0.39, 0.29) is 36.2 Å². The number of fused-ring (bicyclic) bond motifs is 1. The van der Waals surface area contributed by atoms with Crippen molar-refractivity contribution in [3.8, 4) is 0 Å². The van der Waals surface area contributed by atoms with Gasteiger partial charge in [-0.15, -0.1) is 0 Å². The van der Waals surface area contributed by atoms with Gasteiger partial charge in [-0.25, -0.2) is 0 Å². The average molecular weight is 219 g/mol. The molecule has 0 radical (unpaired) electrons.